The number of nitrogens with one attached hydrogen (secondary N) is 2. The Morgan fingerprint density at radius 1 is 0.811 bits per heavy atom. The Hall–Kier alpha value is -3.88. The number of urea groups is 1. The molecule has 0 aliphatic rings. The van der Waals surface area contributed by atoms with Crippen molar-refractivity contribution in [2.45, 2.75) is 6.42 Å². The second-order valence-electron chi connectivity index (χ2n) is 7.91. The first kappa shape index (κ1) is 26.2. The molecule has 0 aliphatic heterocycles. The number of methoxy groups -OCH3 is 4. The third kappa shape index (κ3) is 5.60. The molecule has 37 heavy (non-hydrogen) atoms. The van der Waals surface area contributed by atoms with Gasteiger partial charge in [0.05, 0.1) is 49.9 Å². The zero-order chi connectivity index (χ0) is 26.5. The van der Waals surface area contributed by atoms with Gasteiger partial charge >= 0.3 is 6.03 Å². The van der Waals surface area contributed by atoms with E-state index in [4.69, 9.17) is 42.1 Å². The number of benzene rings is 3. The maximum absolute atomic E-state index is 13.0. The molecule has 3 aromatic carbocycles. The fourth-order valence-corrected chi connectivity index (χ4v) is 4.28. The number of hydrogen-bond acceptors (Lipinski definition) is 6. The lowest BCUT2D eigenvalue weighted by molar-refractivity contribution is 0.262. The van der Waals surface area contributed by atoms with E-state index in [-0.39, 0.29) is 0 Å². The second-order valence-corrected chi connectivity index (χ2v) is 8.72. The summed E-state index contributed by atoms with van der Waals surface area (Å²) in [5.41, 5.74) is 2.46. The number of rotatable bonds is 8. The predicted octanol–water partition coefficient (Wildman–Crippen LogP) is 6.81. The van der Waals surface area contributed by atoms with Gasteiger partial charge in [0.1, 0.15) is 0 Å². The smallest absolute Gasteiger partial charge is 0.323 e. The summed E-state index contributed by atoms with van der Waals surface area (Å²) in [7, 11) is 6.22. The van der Waals surface area contributed by atoms with Crippen molar-refractivity contribution < 1.29 is 23.7 Å². The van der Waals surface area contributed by atoms with Crippen LogP contribution in [0.5, 0.6) is 23.0 Å². The number of carbonyl (C=O) groups is 1. The van der Waals surface area contributed by atoms with Crippen LogP contribution >= 0.6 is 23.2 Å². The zero-order valence-corrected chi connectivity index (χ0v) is 22.2. The maximum atomic E-state index is 13.0. The minimum Gasteiger partial charge on any atom is -0.493 e. The predicted molar refractivity (Wildman–Crippen MR) is 146 cm³/mol. The molecule has 4 rings (SSSR count). The van der Waals surface area contributed by atoms with Gasteiger partial charge in [-0.1, -0.05) is 29.3 Å². The highest BCUT2D eigenvalue weighted by atomic mass is 35.5. The third-order valence-electron chi connectivity index (χ3n) is 5.76. The van der Waals surface area contributed by atoms with E-state index in [1.165, 1.54) is 14.2 Å². The monoisotopic (exact) mass is 541 g/mol. The van der Waals surface area contributed by atoms with Gasteiger partial charge in [-0.15, -0.1) is 0 Å². The van der Waals surface area contributed by atoms with Crippen LogP contribution in [-0.4, -0.2) is 39.5 Å². The maximum Gasteiger partial charge on any atom is 0.323 e. The molecule has 0 unspecified atom stereocenters. The number of fused-ring (bicyclic) bond motifs is 1. The van der Waals surface area contributed by atoms with Crippen LogP contribution in [0.2, 0.25) is 10.0 Å². The molecule has 0 radical (unpaired) electrons. The van der Waals surface area contributed by atoms with Crippen LogP contribution in [0.1, 0.15) is 11.3 Å². The van der Waals surface area contributed by atoms with Gasteiger partial charge in [0, 0.05) is 23.7 Å². The van der Waals surface area contributed by atoms with E-state index in [1.54, 1.807) is 44.7 Å². The van der Waals surface area contributed by atoms with Gasteiger partial charge in [0.15, 0.2) is 23.0 Å². The molecule has 0 aliphatic carbocycles. The fourth-order valence-electron chi connectivity index (χ4n) is 3.98. The molecule has 1 aromatic heterocycles. The van der Waals surface area contributed by atoms with Crippen molar-refractivity contribution >= 4 is 51.4 Å². The van der Waals surface area contributed by atoms with Crippen LogP contribution in [0, 0.1) is 0 Å². The molecule has 10 heteroatoms. The molecule has 192 valence electrons. The van der Waals surface area contributed by atoms with Crippen molar-refractivity contribution in [3.8, 4) is 23.0 Å². The lowest BCUT2D eigenvalue weighted by atomic mass is 10.0. The first-order chi connectivity index (χ1) is 17.9. The minimum absolute atomic E-state index is 0.327. The van der Waals surface area contributed by atoms with Gasteiger partial charge in [-0.05, 0) is 53.4 Å². The Kier molecular flexibility index (Phi) is 8.11. The average Bonchev–Trinajstić information content (AvgIpc) is 2.90. The Labute approximate surface area is 224 Å². The van der Waals surface area contributed by atoms with E-state index < -0.39 is 6.03 Å². The van der Waals surface area contributed by atoms with Crippen LogP contribution in [0.4, 0.5) is 16.2 Å². The Balaban J connectivity index is 1.73. The quantitative estimate of drug-likeness (QED) is 0.254. The van der Waals surface area contributed by atoms with E-state index in [0.717, 1.165) is 22.0 Å². The highest BCUT2D eigenvalue weighted by Gasteiger charge is 2.20. The number of aromatic nitrogens is 1. The highest BCUT2D eigenvalue weighted by molar-refractivity contribution is 6.42. The summed E-state index contributed by atoms with van der Waals surface area (Å²) >= 11 is 12.1. The third-order valence-corrected chi connectivity index (χ3v) is 6.50. The molecule has 8 nitrogen and oxygen atoms in total. The Morgan fingerprint density at radius 2 is 1.54 bits per heavy atom. The standard InChI is InChI=1S/C27H25Cl2N3O5/c1-34-22-8-5-16(11-21-18-14-24(36-3)23(35-2)12-15(18)9-10-30-21)25(26(22)37-4)32-27(33)31-17-6-7-19(28)20(29)13-17/h5-10,12-14H,11H2,1-4H3,(H2,31,32,33). The highest BCUT2D eigenvalue weighted by Crippen LogP contribution is 2.40. The number of hydrogen-bond donors (Lipinski definition) is 2. The number of ether oxygens (including phenoxy) is 4. The normalized spacial score (nSPS) is 10.6. The fraction of sp³-hybridized carbons (Fsp3) is 0.185. The summed E-state index contributed by atoms with van der Waals surface area (Å²) in [5.74, 6) is 2.06. The largest absolute Gasteiger partial charge is 0.493 e. The molecular weight excluding hydrogens is 517 g/mol. The first-order valence-corrected chi connectivity index (χ1v) is 11.9. The molecule has 0 fully saturated rings. The van der Waals surface area contributed by atoms with Gasteiger partial charge in [-0.2, -0.15) is 0 Å². The van der Waals surface area contributed by atoms with Gasteiger partial charge in [0.2, 0.25) is 0 Å². The summed E-state index contributed by atoms with van der Waals surface area (Å²) in [6, 6.07) is 13.7. The molecule has 0 saturated heterocycles. The molecule has 0 saturated carbocycles. The van der Waals surface area contributed by atoms with Crippen LogP contribution in [0.15, 0.2) is 54.7 Å². The molecular formula is C27H25Cl2N3O5. The number of nitrogens with zero attached hydrogens (tertiary/aromatic N) is 1. The summed E-state index contributed by atoms with van der Waals surface area (Å²) in [4.78, 5) is 17.6. The average molecular weight is 542 g/mol. The van der Waals surface area contributed by atoms with Crippen molar-refractivity contribution in [2.24, 2.45) is 0 Å². The van der Waals surface area contributed by atoms with E-state index >= 15 is 0 Å². The minimum atomic E-state index is -0.497. The van der Waals surface area contributed by atoms with Crippen molar-refractivity contribution in [1.82, 2.24) is 4.98 Å². The van der Waals surface area contributed by atoms with E-state index in [0.29, 0.717) is 50.8 Å². The molecule has 2 amide bonds. The Morgan fingerprint density at radius 3 is 2.22 bits per heavy atom. The van der Waals surface area contributed by atoms with Crippen molar-refractivity contribution in [2.75, 3.05) is 39.1 Å². The number of carbonyl (C=O) groups excluding carboxylic acids is 1. The van der Waals surface area contributed by atoms with E-state index in [1.807, 2.05) is 24.3 Å². The number of halogens is 2. The molecule has 0 bridgehead atoms. The second kappa shape index (κ2) is 11.5. The first-order valence-electron chi connectivity index (χ1n) is 11.1. The molecule has 1 heterocycles. The number of anilines is 2. The van der Waals surface area contributed by atoms with E-state index in [9.17, 15) is 4.79 Å². The molecule has 0 atom stereocenters. The number of amides is 2. The van der Waals surface area contributed by atoms with Crippen LogP contribution in [0.25, 0.3) is 10.8 Å². The van der Waals surface area contributed by atoms with Crippen LogP contribution in [0.3, 0.4) is 0 Å². The lowest BCUT2D eigenvalue weighted by Gasteiger charge is -2.19. The van der Waals surface area contributed by atoms with Crippen LogP contribution < -0.4 is 29.6 Å². The van der Waals surface area contributed by atoms with Gasteiger partial charge in [0.25, 0.3) is 0 Å². The molecule has 2 N–H and O–H groups in total. The summed E-state index contributed by atoms with van der Waals surface area (Å²) in [6.07, 6.45) is 2.12. The van der Waals surface area contributed by atoms with Gasteiger partial charge < -0.3 is 29.6 Å². The summed E-state index contributed by atoms with van der Waals surface area (Å²) < 4.78 is 22.0. The van der Waals surface area contributed by atoms with Crippen molar-refractivity contribution in [3.63, 3.8) is 0 Å². The number of pyridine rings is 1. The van der Waals surface area contributed by atoms with Gasteiger partial charge in [-0.3, -0.25) is 4.98 Å². The molecule has 0 spiro atoms. The van der Waals surface area contributed by atoms with Crippen LogP contribution in [-0.2, 0) is 6.42 Å². The Bertz CT molecular complexity index is 1460. The SMILES string of the molecule is COc1cc2ccnc(Cc3ccc(OC)c(OC)c3NC(=O)Nc3ccc(Cl)c(Cl)c3)c2cc1OC. The topological polar surface area (TPSA) is 90.9 Å². The zero-order valence-electron chi connectivity index (χ0n) is 20.6. The summed E-state index contributed by atoms with van der Waals surface area (Å²) in [6.45, 7) is 0. The van der Waals surface area contributed by atoms with Crippen molar-refractivity contribution in [1.29, 1.82) is 0 Å². The summed E-state index contributed by atoms with van der Waals surface area (Å²) in [5, 5.41) is 8.20. The van der Waals surface area contributed by atoms with Gasteiger partial charge in [-0.25, -0.2) is 4.79 Å². The van der Waals surface area contributed by atoms with E-state index in [2.05, 4.69) is 15.6 Å². The lowest BCUT2D eigenvalue weighted by Crippen LogP contribution is -2.21. The molecule has 4 aromatic rings. The van der Waals surface area contributed by atoms with Crippen molar-refractivity contribution in [3.05, 3.63) is 76.0 Å².